The lowest BCUT2D eigenvalue weighted by molar-refractivity contribution is -0.179. The monoisotopic (exact) mass is 275 g/mol. The van der Waals surface area contributed by atoms with Crippen LogP contribution in [0.4, 0.5) is 17.6 Å². The average molecular weight is 275 g/mol. The predicted molar refractivity (Wildman–Crippen MR) is 65.4 cm³/mol. The summed E-state index contributed by atoms with van der Waals surface area (Å²) in [6, 6.07) is 4.60. The van der Waals surface area contributed by atoms with E-state index in [0.717, 1.165) is 11.1 Å². The Kier molecular flexibility index (Phi) is 4.13. The Morgan fingerprint density at radius 2 is 2.00 bits per heavy atom. The number of benzene rings is 1. The largest absolute Gasteiger partial charge is 0.393 e. The molecule has 1 N–H and O–H groups in total. The zero-order valence-electron chi connectivity index (χ0n) is 10.7. The molecule has 0 saturated carbocycles. The van der Waals surface area contributed by atoms with Gasteiger partial charge in [-0.3, -0.25) is 0 Å². The maximum Gasteiger partial charge on any atom is 0.393 e. The van der Waals surface area contributed by atoms with Crippen LogP contribution in [0, 0.1) is 18.7 Å². The molecule has 1 aromatic carbocycles. The molecule has 1 nitrogen and oxygen atoms in total. The molecule has 2 unspecified atom stereocenters. The third kappa shape index (κ3) is 3.69. The third-order valence-electron chi connectivity index (χ3n) is 3.75. The molecule has 1 aromatic rings. The Balaban J connectivity index is 1.92. The molecule has 0 spiro atoms. The molecule has 0 aliphatic carbocycles. The third-order valence-corrected chi connectivity index (χ3v) is 3.75. The topological polar surface area (TPSA) is 12.0 Å². The van der Waals surface area contributed by atoms with Crippen LogP contribution >= 0.6 is 0 Å². The second-order valence-corrected chi connectivity index (χ2v) is 5.20. The van der Waals surface area contributed by atoms with Crippen molar-refractivity contribution in [2.75, 3.05) is 6.54 Å². The smallest absolute Gasteiger partial charge is 0.313 e. The quantitative estimate of drug-likeness (QED) is 0.813. The van der Waals surface area contributed by atoms with Gasteiger partial charge in [0.15, 0.2) is 0 Å². The second-order valence-electron chi connectivity index (χ2n) is 5.20. The van der Waals surface area contributed by atoms with E-state index in [1.54, 1.807) is 6.07 Å². The number of aryl methyl sites for hydroxylation is 1. The van der Waals surface area contributed by atoms with Crippen LogP contribution in [0.3, 0.4) is 0 Å². The maximum atomic E-state index is 13.0. The van der Waals surface area contributed by atoms with Gasteiger partial charge in [0.25, 0.3) is 0 Å². The molecule has 0 aromatic heterocycles. The van der Waals surface area contributed by atoms with Gasteiger partial charge in [-0.1, -0.05) is 6.07 Å². The molecule has 2 atom stereocenters. The van der Waals surface area contributed by atoms with E-state index in [0.29, 0.717) is 12.8 Å². The zero-order valence-corrected chi connectivity index (χ0v) is 10.7. The Labute approximate surface area is 110 Å². The molecule has 1 fully saturated rings. The van der Waals surface area contributed by atoms with Crippen LogP contribution in [-0.2, 0) is 6.42 Å². The van der Waals surface area contributed by atoms with E-state index in [-0.39, 0.29) is 24.8 Å². The first-order valence-electron chi connectivity index (χ1n) is 6.41. The summed E-state index contributed by atoms with van der Waals surface area (Å²) in [5, 5.41) is 2.95. The number of piperidine rings is 1. The fourth-order valence-electron chi connectivity index (χ4n) is 2.52. The van der Waals surface area contributed by atoms with Gasteiger partial charge in [-0.15, -0.1) is 0 Å². The normalized spacial score (nSPS) is 24.5. The van der Waals surface area contributed by atoms with E-state index in [2.05, 4.69) is 5.32 Å². The first-order chi connectivity index (χ1) is 8.86. The molecule has 0 bridgehead atoms. The number of alkyl halides is 3. The minimum atomic E-state index is -4.11. The van der Waals surface area contributed by atoms with Crippen molar-refractivity contribution < 1.29 is 17.6 Å². The van der Waals surface area contributed by atoms with Gasteiger partial charge >= 0.3 is 6.18 Å². The van der Waals surface area contributed by atoms with Crippen molar-refractivity contribution in [3.05, 3.63) is 35.1 Å². The summed E-state index contributed by atoms with van der Waals surface area (Å²) in [4.78, 5) is 0. The molecule has 1 aliphatic heterocycles. The zero-order chi connectivity index (χ0) is 14.0. The van der Waals surface area contributed by atoms with Gasteiger partial charge in [0, 0.05) is 12.6 Å². The van der Waals surface area contributed by atoms with Crippen molar-refractivity contribution >= 4 is 0 Å². The van der Waals surface area contributed by atoms with Gasteiger partial charge in [-0.2, -0.15) is 13.2 Å². The maximum absolute atomic E-state index is 13.0. The summed E-state index contributed by atoms with van der Waals surface area (Å²) in [6.45, 7) is 1.80. The minimum absolute atomic E-state index is 0.0194. The van der Waals surface area contributed by atoms with E-state index in [1.807, 2.05) is 6.92 Å². The van der Waals surface area contributed by atoms with Crippen molar-refractivity contribution in [1.82, 2.24) is 5.32 Å². The molecule has 1 aliphatic rings. The average Bonchev–Trinajstić information content (AvgIpc) is 2.32. The molecular formula is C14H17F4N. The predicted octanol–water partition coefficient (Wildman–Crippen LogP) is 3.61. The molecule has 106 valence electrons. The highest BCUT2D eigenvalue weighted by Gasteiger charge is 2.41. The number of nitrogens with one attached hydrogen (secondary N) is 1. The molecule has 2 rings (SSSR count). The van der Waals surface area contributed by atoms with Crippen molar-refractivity contribution in [1.29, 1.82) is 0 Å². The van der Waals surface area contributed by atoms with E-state index in [4.69, 9.17) is 0 Å². The van der Waals surface area contributed by atoms with Crippen LogP contribution in [0.2, 0.25) is 0 Å². The van der Waals surface area contributed by atoms with Crippen molar-refractivity contribution in [2.24, 2.45) is 5.92 Å². The lowest BCUT2D eigenvalue weighted by Gasteiger charge is -2.31. The van der Waals surface area contributed by atoms with Crippen LogP contribution in [0.15, 0.2) is 18.2 Å². The van der Waals surface area contributed by atoms with Crippen molar-refractivity contribution in [3.63, 3.8) is 0 Å². The Bertz CT molecular complexity index is 434. The highest BCUT2D eigenvalue weighted by molar-refractivity contribution is 5.27. The lowest BCUT2D eigenvalue weighted by Crippen LogP contribution is -2.45. The first-order valence-corrected chi connectivity index (χ1v) is 6.41. The van der Waals surface area contributed by atoms with E-state index < -0.39 is 12.1 Å². The number of rotatable bonds is 2. The summed E-state index contributed by atoms with van der Waals surface area (Å²) < 4.78 is 50.5. The Morgan fingerprint density at radius 1 is 1.26 bits per heavy atom. The fourth-order valence-corrected chi connectivity index (χ4v) is 2.52. The van der Waals surface area contributed by atoms with Gasteiger partial charge in [0.1, 0.15) is 5.82 Å². The standard InChI is InChI=1S/C14H17F4N/c1-9-6-12(15)4-2-10(9)7-13-5-3-11(8-19-13)14(16,17)18/h2,4,6,11,13,19H,3,5,7-8H2,1H3. The van der Waals surface area contributed by atoms with E-state index >= 15 is 0 Å². The molecule has 5 heteroatoms. The summed E-state index contributed by atoms with van der Waals surface area (Å²) in [7, 11) is 0. The number of halogens is 4. The van der Waals surface area contributed by atoms with Crippen molar-refractivity contribution in [3.8, 4) is 0 Å². The summed E-state index contributed by atoms with van der Waals surface area (Å²) in [5.41, 5.74) is 1.84. The van der Waals surface area contributed by atoms with E-state index in [1.165, 1.54) is 12.1 Å². The first kappa shape index (κ1) is 14.3. The fraction of sp³-hybridized carbons (Fsp3) is 0.571. The molecular weight excluding hydrogens is 258 g/mol. The van der Waals surface area contributed by atoms with E-state index in [9.17, 15) is 17.6 Å². The summed E-state index contributed by atoms with van der Waals surface area (Å²) in [5.74, 6) is -1.52. The molecule has 1 heterocycles. The van der Waals surface area contributed by atoms with Crippen LogP contribution < -0.4 is 5.32 Å². The van der Waals surface area contributed by atoms with Crippen LogP contribution in [0.25, 0.3) is 0 Å². The SMILES string of the molecule is Cc1cc(F)ccc1CC1CCC(C(F)(F)F)CN1. The Morgan fingerprint density at radius 3 is 2.53 bits per heavy atom. The highest BCUT2D eigenvalue weighted by Crippen LogP contribution is 2.32. The highest BCUT2D eigenvalue weighted by atomic mass is 19.4. The van der Waals surface area contributed by atoms with Gasteiger partial charge in [0.2, 0.25) is 0 Å². The molecule has 1 saturated heterocycles. The van der Waals surface area contributed by atoms with Crippen molar-refractivity contribution in [2.45, 2.75) is 38.4 Å². The van der Waals surface area contributed by atoms with Crippen LogP contribution in [0.5, 0.6) is 0 Å². The lowest BCUT2D eigenvalue weighted by atomic mass is 9.90. The van der Waals surface area contributed by atoms with Crippen LogP contribution in [0.1, 0.15) is 24.0 Å². The van der Waals surface area contributed by atoms with Gasteiger partial charge < -0.3 is 5.32 Å². The summed E-state index contributed by atoms with van der Waals surface area (Å²) >= 11 is 0. The minimum Gasteiger partial charge on any atom is -0.313 e. The van der Waals surface area contributed by atoms with Gasteiger partial charge in [0.05, 0.1) is 5.92 Å². The summed E-state index contributed by atoms with van der Waals surface area (Å²) in [6.07, 6.45) is -2.79. The number of hydrogen-bond acceptors (Lipinski definition) is 1. The second kappa shape index (κ2) is 5.49. The molecule has 19 heavy (non-hydrogen) atoms. The van der Waals surface area contributed by atoms with Gasteiger partial charge in [-0.25, -0.2) is 4.39 Å². The Hall–Kier alpha value is -1.10. The van der Waals surface area contributed by atoms with Crippen LogP contribution in [-0.4, -0.2) is 18.8 Å². The molecule has 0 radical (unpaired) electrons. The molecule has 0 amide bonds. The number of hydrogen-bond donors (Lipinski definition) is 1. The van der Waals surface area contributed by atoms with Gasteiger partial charge in [-0.05, 0) is 49.4 Å².